The van der Waals surface area contributed by atoms with Crippen molar-refractivity contribution in [1.82, 2.24) is 15.1 Å². The van der Waals surface area contributed by atoms with Gasteiger partial charge in [-0.3, -0.25) is 9.59 Å². The topological polar surface area (TPSA) is 81.8 Å². The Kier molecular flexibility index (Phi) is 6.25. The zero-order valence-corrected chi connectivity index (χ0v) is 15.4. The predicted octanol–water partition coefficient (Wildman–Crippen LogP) is 2.17. The Bertz CT molecular complexity index is 676. The van der Waals surface area contributed by atoms with Gasteiger partial charge in [0.2, 0.25) is 5.91 Å². The molecule has 1 aliphatic rings. The molecule has 0 spiro atoms. The minimum absolute atomic E-state index is 0.122. The molecule has 0 aromatic heterocycles. The second-order valence-electron chi connectivity index (χ2n) is 5.76. The second kappa shape index (κ2) is 8.20. The highest BCUT2D eigenvalue weighted by molar-refractivity contribution is 6.33. The summed E-state index contributed by atoms with van der Waals surface area (Å²) in [4.78, 5) is 39.8. The van der Waals surface area contributed by atoms with E-state index < -0.39 is 12.1 Å². The van der Waals surface area contributed by atoms with Crippen LogP contribution in [0.2, 0.25) is 5.02 Å². The lowest BCUT2D eigenvalue weighted by Crippen LogP contribution is -2.56. The predicted molar refractivity (Wildman–Crippen MR) is 96.9 cm³/mol. The van der Waals surface area contributed by atoms with E-state index in [1.807, 2.05) is 13.8 Å². The van der Waals surface area contributed by atoms with Crippen molar-refractivity contribution in [3.63, 3.8) is 0 Å². The highest BCUT2D eigenvalue weighted by Crippen LogP contribution is 2.24. The first-order valence-corrected chi connectivity index (χ1v) is 8.71. The number of amides is 4. The molecule has 1 heterocycles. The number of rotatable bonds is 4. The molecule has 8 heteroatoms. The molecule has 1 aromatic carbocycles. The first-order valence-electron chi connectivity index (χ1n) is 8.33. The van der Waals surface area contributed by atoms with E-state index in [-0.39, 0.29) is 11.8 Å². The summed E-state index contributed by atoms with van der Waals surface area (Å²) in [5.41, 5.74) is 0.802. The van der Waals surface area contributed by atoms with Gasteiger partial charge < -0.3 is 20.4 Å². The number of halogens is 1. The van der Waals surface area contributed by atoms with Gasteiger partial charge in [-0.05, 0) is 39.0 Å². The monoisotopic (exact) mass is 366 g/mol. The van der Waals surface area contributed by atoms with Gasteiger partial charge in [0.1, 0.15) is 6.04 Å². The van der Waals surface area contributed by atoms with E-state index >= 15 is 0 Å². The van der Waals surface area contributed by atoms with Crippen LogP contribution in [0, 0.1) is 0 Å². The lowest BCUT2D eigenvalue weighted by atomic mass is 10.1. The fourth-order valence-electron chi connectivity index (χ4n) is 2.69. The number of carbonyl (C=O) groups excluding carboxylic acids is 3. The second-order valence-corrected chi connectivity index (χ2v) is 6.17. The Labute approximate surface area is 152 Å². The van der Waals surface area contributed by atoms with E-state index in [0.29, 0.717) is 42.5 Å². The zero-order valence-electron chi connectivity index (χ0n) is 14.6. The average molecular weight is 367 g/mol. The third kappa shape index (κ3) is 4.22. The molecule has 1 fully saturated rings. The molecule has 0 saturated carbocycles. The van der Waals surface area contributed by atoms with Crippen LogP contribution in [0.25, 0.3) is 0 Å². The SMILES string of the molecule is CCN(CC)C(=O)c1ccc(Cl)c(NC(=O)N2CCNC(=O)C2C)c1. The minimum atomic E-state index is -0.562. The van der Waals surface area contributed by atoms with Crippen LogP contribution >= 0.6 is 11.6 Å². The van der Waals surface area contributed by atoms with Gasteiger partial charge in [-0.15, -0.1) is 0 Å². The van der Waals surface area contributed by atoms with Crippen LogP contribution in [-0.2, 0) is 4.79 Å². The fraction of sp³-hybridized carbons (Fsp3) is 0.471. The van der Waals surface area contributed by atoms with Gasteiger partial charge in [-0.25, -0.2) is 4.79 Å². The van der Waals surface area contributed by atoms with Crippen LogP contribution in [0.1, 0.15) is 31.1 Å². The number of piperazine rings is 1. The molecule has 0 radical (unpaired) electrons. The van der Waals surface area contributed by atoms with Crippen LogP contribution in [0.4, 0.5) is 10.5 Å². The lowest BCUT2D eigenvalue weighted by molar-refractivity contribution is -0.126. The molecule has 0 bridgehead atoms. The molecule has 25 heavy (non-hydrogen) atoms. The number of nitrogens with one attached hydrogen (secondary N) is 2. The van der Waals surface area contributed by atoms with Gasteiger partial charge in [0.05, 0.1) is 10.7 Å². The molecule has 136 valence electrons. The zero-order chi connectivity index (χ0) is 18.6. The molecule has 1 aliphatic heterocycles. The normalized spacial score (nSPS) is 17.0. The van der Waals surface area contributed by atoms with Crippen molar-refractivity contribution < 1.29 is 14.4 Å². The molecule has 1 saturated heterocycles. The van der Waals surface area contributed by atoms with Gasteiger partial charge in [-0.1, -0.05) is 11.6 Å². The third-order valence-corrected chi connectivity index (χ3v) is 4.59. The van der Waals surface area contributed by atoms with Crippen molar-refractivity contribution in [2.24, 2.45) is 0 Å². The van der Waals surface area contributed by atoms with Crippen LogP contribution in [0.3, 0.4) is 0 Å². The summed E-state index contributed by atoms with van der Waals surface area (Å²) in [5, 5.41) is 5.74. The molecule has 4 amide bonds. The molecule has 1 atom stereocenters. The highest BCUT2D eigenvalue weighted by Gasteiger charge is 2.29. The summed E-state index contributed by atoms with van der Waals surface area (Å²) in [6, 6.07) is 3.80. The molecule has 1 unspecified atom stereocenters. The lowest BCUT2D eigenvalue weighted by Gasteiger charge is -2.32. The summed E-state index contributed by atoms with van der Waals surface area (Å²) >= 11 is 6.16. The van der Waals surface area contributed by atoms with Crippen molar-refractivity contribution in [2.75, 3.05) is 31.5 Å². The Hall–Kier alpha value is -2.28. The van der Waals surface area contributed by atoms with Crippen molar-refractivity contribution in [1.29, 1.82) is 0 Å². The number of hydrogen-bond acceptors (Lipinski definition) is 3. The Morgan fingerprint density at radius 3 is 2.68 bits per heavy atom. The highest BCUT2D eigenvalue weighted by atomic mass is 35.5. The first-order chi connectivity index (χ1) is 11.9. The summed E-state index contributed by atoms with van der Waals surface area (Å²) in [7, 11) is 0. The average Bonchev–Trinajstić information content (AvgIpc) is 2.60. The quantitative estimate of drug-likeness (QED) is 0.856. The number of carbonyl (C=O) groups is 3. The van der Waals surface area contributed by atoms with Gasteiger partial charge in [0.15, 0.2) is 0 Å². The molecule has 1 aromatic rings. The number of hydrogen-bond donors (Lipinski definition) is 2. The van der Waals surface area contributed by atoms with E-state index in [2.05, 4.69) is 10.6 Å². The molecule has 0 aliphatic carbocycles. The van der Waals surface area contributed by atoms with E-state index in [9.17, 15) is 14.4 Å². The Morgan fingerprint density at radius 2 is 2.04 bits per heavy atom. The molecular weight excluding hydrogens is 344 g/mol. The fourth-order valence-corrected chi connectivity index (χ4v) is 2.86. The smallest absolute Gasteiger partial charge is 0.322 e. The maximum Gasteiger partial charge on any atom is 0.322 e. The van der Waals surface area contributed by atoms with E-state index in [0.717, 1.165) is 0 Å². The molecule has 2 rings (SSSR count). The van der Waals surface area contributed by atoms with E-state index in [1.165, 1.54) is 4.90 Å². The summed E-state index contributed by atoms with van der Waals surface area (Å²) in [6.07, 6.45) is 0. The van der Waals surface area contributed by atoms with Crippen LogP contribution < -0.4 is 10.6 Å². The summed E-state index contributed by atoms with van der Waals surface area (Å²) in [5.74, 6) is -0.319. The number of anilines is 1. The van der Waals surface area contributed by atoms with Crippen LogP contribution in [0.5, 0.6) is 0 Å². The standard InChI is InChI=1S/C17H23ClN4O3/c1-4-21(5-2)16(24)12-6-7-13(18)14(10-12)20-17(25)22-9-8-19-15(23)11(22)3/h6-7,10-11H,4-5,8-9H2,1-3H3,(H,19,23)(H,20,25). The van der Waals surface area contributed by atoms with Crippen LogP contribution in [-0.4, -0.2) is 59.9 Å². The van der Waals surface area contributed by atoms with Gasteiger partial charge in [-0.2, -0.15) is 0 Å². The maximum absolute atomic E-state index is 12.5. The van der Waals surface area contributed by atoms with Gasteiger partial charge in [0.25, 0.3) is 5.91 Å². The van der Waals surface area contributed by atoms with Gasteiger partial charge >= 0.3 is 6.03 Å². The minimum Gasteiger partial charge on any atom is -0.353 e. The maximum atomic E-state index is 12.5. The number of nitrogens with zero attached hydrogens (tertiary/aromatic N) is 2. The summed E-state index contributed by atoms with van der Waals surface area (Å²) in [6.45, 7) is 7.49. The number of urea groups is 1. The molecule has 7 nitrogen and oxygen atoms in total. The van der Waals surface area contributed by atoms with E-state index in [1.54, 1.807) is 30.0 Å². The van der Waals surface area contributed by atoms with Crippen molar-refractivity contribution in [3.05, 3.63) is 28.8 Å². The molecular formula is C17H23ClN4O3. The van der Waals surface area contributed by atoms with Crippen LogP contribution in [0.15, 0.2) is 18.2 Å². The number of benzene rings is 1. The Morgan fingerprint density at radius 1 is 1.36 bits per heavy atom. The molecule has 2 N–H and O–H groups in total. The van der Waals surface area contributed by atoms with Crippen molar-refractivity contribution in [2.45, 2.75) is 26.8 Å². The van der Waals surface area contributed by atoms with Gasteiger partial charge in [0, 0.05) is 31.7 Å². The van der Waals surface area contributed by atoms with Crippen molar-refractivity contribution >= 4 is 35.1 Å². The summed E-state index contributed by atoms with van der Waals surface area (Å²) < 4.78 is 0. The first kappa shape index (κ1) is 19.1. The third-order valence-electron chi connectivity index (χ3n) is 4.27. The van der Waals surface area contributed by atoms with E-state index in [4.69, 9.17) is 11.6 Å². The Balaban J connectivity index is 2.19. The largest absolute Gasteiger partial charge is 0.353 e. The van der Waals surface area contributed by atoms with Crippen molar-refractivity contribution in [3.8, 4) is 0 Å².